The first-order chi connectivity index (χ1) is 10.8. The van der Waals surface area contributed by atoms with Gasteiger partial charge in [0.05, 0.1) is 5.60 Å². The van der Waals surface area contributed by atoms with E-state index in [0.29, 0.717) is 18.1 Å². The Morgan fingerprint density at radius 3 is 2.43 bits per heavy atom. The molecule has 1 saturated heterocycles. The maximum absolute atomic E-state index is 5.72. The second-order valence-corrected chi connectivity index (χ2v) is 8.48. The Balaban J connectivity index is 1.54. The molecule has 3 aliphatic rings. The summed E-state index contributed by atoms with van der Waals surface area (Å²) in [5.74, 6) is 0.941. The van der Waals surface area contributed by atoms with Crippen molar-refractivity contribution in [2.45, 2.75) is 83.1 Å². The highest BCUT2D eigenvalue weighted by atomic mass is 16.5. The van der Waals surface area contributed by atoms with E-state index in [2.05, 4.69) is 48.2 Å². The predicted molar refractivity (Wildman–Crippen MR) is 94.8 cm³/mol. The molecule has 0 spiro atoms. The molecule has 132 valence electrons. The number of nitrogens with one attached hydrogen (secondary N) is 2. The minimum absolute atomic E-state index is 0.0475. The molecular weight excluding hydrogens is 288 g/mol. The fraction of sp³-hybridized carbons (Fsp3) is 0.944. The van der Waals surface area contributed by atoms with Gasteiger partial charge in [-0.3, -0.25) is 9.89 Å². The Hall–Kier alpha value is -0.810. The summed E-state index contributed by atoms with van der Waals surface area (Å²) in [6, 6.07) is 2.44. The zero-order chi connectivity index (χ0) is 16.8. The first kappa shape index (κ1) is 17.0. The van der Waals surface area contributed by atoms with Crippen molar-refractivity contribution in [2.75, 3.05) is 20.7 Å². The van der Waals surface area contributed by atoms with Crippen LogP contribution in [0.15, 0.2) is 4.99 Å². The van der Waals surface area contributed by atoms with E-state index in [9.17, 15) is 0 Å². The number of hydrogen-bond donors (Lipinski definition) is 2. The fourth-order valence-electron chi connectivity index (χ4n) is 4.33. The van der Waals surface area contributed by atoms with Crippen LogP contribution in [0.4, 0.5) is 0 Å². The SMILES string of the molecule is CN=C(NC1CC(C)N(C2CC2)C1)NC1CC(C)(OC)C1(C)C. The molecule has 0 aromatic rings. The van der Waals surface area contributed by atoms with Gasteiger partial charge in [0.25, 0.3) is 0 Å². The summed E-state index contributed by atoms with van der Waals surface area (Å²) in [7, 11) is 3.69. The van der Waals surface area contributed by atoms with E-state index in [-0.39, 0.29) is 11.0 Å². The van der Waals surface area contributed by atoms with Crippen LogP contribution in [0.5, 0.6) is 0 Å². The van der Waals surface area contributed by atoms with Crippen LogP contribution in [-0.4, -0.2) is 61.3 Å². The van der Waals surface area contributed by atoms with Gasteiger partial charge in [0.2, 0.25) is 0 Å². The van der Waals surface area contributed by atoms with E-state index in [1.165, 1.54) is 19.3 Å². The number of rotatable bonds is 4. The van der Waals surface area contributed by atoms with Gasteiger partial charge in [-0.25, -0.2) is 0 Å². The maximum Gasteiger partial charge on any atom is 0.191 e. The molecule has 0 aromatic heterocycles. The van der Waals surface area contributed by atoms with Crippen LogP contribution in [0.1, 0.15) is 53.4 Å². The van der Waals surface area contributed by atoms with Crippen molar-refractivity contribution in [3.05, 3.63) is 0 Å². The number of aliphatic imine (C=N–C) groups is 1. The van der Waals surface area contributed by atoms with Crippen molar-refractivity contribution in [2.24, 2.45) is 10.4 Å². The fourth-order valence-corrected chi connectivity index (χ4v) is 4.33. The first-order valence-corrected chi connectivity index (χ1v) is 9.11. The van der Waals surface area contributed by atoms with Gasteiger partial charge in [-0.2, -0.15) is 0 Å². The van der Waals surface area contributed by atoms with Crippen LogP contribution < -0.4 is 10.6 Å². The summed E-state index contributed by atoms with van der Waals surface area (Å²) < 4.78 is 5.72. The second kappa shape index (κ2) is 5.92. The van der Waals surface area contributed by atoms with Crippen molar-refractivity contribution in [3.8, 4) is 0 Å². The van der Waals surface area contributed by atoms with Crippen LogP contribution in [-0.2, 0) is 4.74 Å². The lowest BCUT2D eigenvalue weighted by Crippen LogP contribution is -2.69. The van der Waals surface area contributed by atoms with Crippen molar-refractivity contribution < 1.29 is 4.74 Å². The average molecular weight is 322 g/mol. The number of likely N-dealkylation sites (tertiary alicyclic amines) is 1. The zero-order valence-corrected chi connectivity index (χ0v) is 15.6. The lowest BCUT2D eigenvalue weighted by molar-refractivity contribution is -0.176. The van der Waals surface area contributed by atoms with Gasteiger partial charge in [-0.1, -0.05) is 13.8 Å². The lowest BCUT2D eigenvalue weighted by atomic mass is 9.56. The quantitative estimate of drug-likeness (QED) is 0.614. The number of methoxy groups -OCH3 is 1. The number of guanidine groups is 1. The third-order valence-electron chi connectivity index (χ3n) is 6.79. The highest BCUT2D eigenvalue weighted by Gasteiger charge is 2.58. The monoisotopic (exact) mass is 322 g/mol. The van der Waals surface area contributed by atoms with Gasteiger partial charge in [0, 0.05) is 50.3 Å². The molecule has 2 aliphatic carbocycles. The van der Waals surface area contributed by atoms with Crippen LogP contribution in [0.3, 0.4) is 0 Å². The Labute approximate surface area is 141 Å². The smallest absolute Gasteiger partial charge is 0.191 e. The first-order valence-electron chi connectivity index (χ1n) is 9.11. The summed E-state index contributed by atoms with van der Waals surface area (Å²) in [5.41, 5.74) is 0.0521. The van der Waals surface area contributed by atoms with E-state index in [0.717, 1.165) is 25.0 Å². The van der Waals surface area contributed by atoms with Crippen LogP contribution in [0, 0.1) is 5.41 Å². The molecule has 0 radical (unpaired) electrons. The summed E-state index contributed by atoms with van der Waals surface area (Å²) >= 11 is 0. The van der Waals surface area contributed by atoms with Crippen LogP contribution >= 0.6 is 0 Å². The number of ether oxygens (including phenoxy) is 1. The second-order valence-electron chi connectivity index (χ2n) is 8.48. The van der Waals surface area contributed by atoms with E-state index < -0.39 is 0 Å². The largest absolute Gasteiger partial charge is 0.378 e. The molecule has 1 aliphatic heterocycles. The zero-order valence-electron chi connectivity index (χ0n) is 15.6. The Bertz CT molecular complexity index is 474. The highest BCUT2D eigenvalue weighted by Crippen LogP contribution is 2.51. The maximum atomic E-state index is 5.72. The molecular formula is C18H34N4O. The standard InChI is InChI=1S/C18H34N4O/c1-12-9-13(11-22(12)14-7-8-14)20-16(19-5)21-15-10-18(4,23-6)17(15,2)3/h12-15H,7-11H2,1-6H3,(H2,19,20,21). The minimum atomic E-state index is -0.0475. The molecule has 5 nitrogen and oxygen atoms in total. The third kappa shape index (κ3) is 2.98. The topological polar surface area (TPSA) is 48.9 Å². The van der Waals surface area contributed by atoms with Gasteiger partial charge < -0.3 is 15.4 Å². The Morgan fingerprint density at radius 2 is 1.91 bits per heavy atom. The Morgan fingerprint density at radius 1 is 1.22 bits per heavy atom. The van der Waals surface area contributed by atoms with Crippen molar-refractivity contribution in [1.29, 1.82) is 0 Å². The highest BCUT2D eigenvalue weighted by molar-refractivity contribution is 5.80. The van der Waals surface area contributed by atoms with E-state index >= 15 is 0 Å². The van der Waals surface area contributed by atoms with Crippen LogP contribution in [0.25, 0.3) is 0 Å². The average Bonchev–Trinajstić information content (AvgIpc) is 3.29. The van der Waals surface area contributed by atoms with E-state index in [1.54, 1.807) is 0 Å². The normalized spacial score (nSPS) is 40.8. The van der Waals surface area contributed by atoms with Crippen molar-refractivity contribution in [1.82, 2.24) is 15.5 Å². The Kier molecular flexibility index (Phi) is 4.38. The molecule has 4 unspecified atom stereocenters. The summed E-state index contributed by atoms with van der Waals surface area (Å²) in [4.78, 5) is 7.13. The molecule has 0 aromatic carbocycles. The van der Waals surface area contributed by atoms with Gasteiger partial charge in [0.1, 0.15) is 0 Å². The van der Waals surface area contributed by atoms with Crippen molar-refractivity contribution in [3.63, 3.8) is 0 Å². The third-order valence-corrected chi connectivity index (χ3v) is 6.79. The van der Waals surface area contributed by atoms with Crippen molar-refractivity contribution >= 4 is 5.96 Å². The van der Waals surface area contributed by atoms with Gasteiger partial charge in [0.15, 0.2) is 5.96 Å². The molecule has 5 heteroatoms. The van der Waals surface area contributed by atoms with Gasteiger partial charge in [-0.15, -0.1) is 0 Å². The summed E-state index contributed by atoms with van der Waals surface area (Å²) in [6.45, 7) is 10.3. The van der Waals surface area contributed by atoms with Gasteiger partial charge >= 0.3 is 0 Å². The minimum Gasteiger partial charge on any atom is -0.378 e. The molecule has 2 saturated carbocycles. The summed E-state index contributed by atoms with van der Waals surface area (Å²) in [6.07, 6.45) is 5.00. The molecule has 4 atom stereocenters. The molecule has 3 rings (SSSR count). The molecule has 23 heavy (non-hydrogen) atoms. The molecule has 0 amide bonds. The van der Waals surface area contributed by atoms with Gasteiger partial charge in [-0.05, 0) is 39.5 Å². The molecule has 3 fully saturated rings. The molecule has 0 bridgehead atoms. The predicted octanol–water partition coefficient (Wildman–Crippen LogP) is 1.98. The summed E-state index contributed by atoms with van der Waals surface area (Å²) in [5, 5.41) is 7.27. The lowest BCUT2D eigenvalue weighted by Gasteiger charge is -2.59. The molecule has 2 N–H and O–H groups in total. The van der Waals surface area contributed by atoms with E-state index in [1.807, 2.05) is 14.2 Å². The molecule has 1 heterocycles. The number of hydrogen-bond acceptors (Lipinski definition) is 3. The number of nitrogens with zero attached hydrogens (tertiary/aromatic N) is 2. The van der Waals surface area contributed by atoms with Crippen LogP contribution in [0.2, 0.25) is 0 Å². The van der Waals surface area contributed by atoms with E-state index in [4.69, 9.17) is 4.74 Å².